The maximum absolute atomic E-state index is 5.84. The van der Waals surface area contributed by atoms with Gasteiger partial charge < -0.3 is 21.7 Å². The van der Waals surface area contributed by atoms with Crippen LogP contribution in [0.3, 0.4) is 0 Å². The molecule has 0 amide bonds. The fourth-order valence-electron chi connectivity index (χ4n) is 2.07. The average Bonchev–Trinajstić information content (AvgIpc) is 2.76. The summed E-state index contributed by atoms with van der Waals surface area (Å²) in [6, 6.07) is 18.9. The third kappa shape index (κ3) is 4.00. The quantitative estimate of drug-likeness (QED) is 0.632. The molecule has 2 nitrogen and oxygen atoms in total. The summed E-state index contributed by atoms with van der Waals surface area (Å²) in [5.74, 6) is 0.808. The molecule has 0 bridgehead atoms. The van der Waals surface area contributed by atoms with Gasteiger partial charge in [-0.25, -0.2) is 0 Å². The summed E-state index contributed by atoms with van der Waals surface area (Å²) in [6.07, 6.45) is 0. The van der Waals surface area contributed by atoms with Gasteiger partial charge in [-0.3, -0.25) is 0 Å². The number of halogens is 2. The zero-order chi connectivity index (χ0) is 13.2. The van der Waals surface area contributed by atoms with Gasteiger partial charge in [0.05, 0.1) is 5.69 Å². The van der Waals surface area contributed by atoms with Gasteiger partial charge in [-0.15, -0.1) is 0 Å². The molecule has 5 heteroatoms. The van der Waals surface area contributed by atoms with Crippen molar-refractivity contribution in [2.45, 2.75) is 6.61 Å². The summed E-state index contributed by atoms with van der Waals surface area (Å²) >= 11 is 5.84. The Bertz CT molecular complexity index is 710. The number of hydrogen-bond acceptors (Lipinski definition) is 1. The Morgan fingerprint density at radius 1 is 1.10 bits per heavy atom. The molecule has 0 spiro atoms. The van der Waals surface area contributed by atoms with Crippen LogP contribution in [0.25, 0.3) is 10.9 Å². The summed E-state index contributed by atoms with van der Waals surface area (Å²) in [4.78, 5) is 0. The summed E-state index contributed by atoms with van der Waals surface area (Å²) in [5, 5.41) is 1.82. The minimum absolute atomic E-state index is 0. The van der Waals surface area contributed by atoms with Crippen molar-refractivity contribution in [2.24, 2.45) is 7.05 Å². The average molecular weight is 372 g/mol. The predicted octanol–water partition coefficient (Wildman–Crippen LogP) is 1.21. The van der Waals surface area contributed by atoms with Gasteiger partial charge >= 0.3 is 0 Å². The van der Waals surface area contributed by atoms with Gasteiger partial charge in [0.25, 0.3) is 0 Å². The number of aryl methyl sites for hydroxylation is 1. The molecule has 0 aliphatic heterocycles. The molecular weight excluding hydrogens is 358 g/mol. The van der Waals surface area contributed by atoms with Crippen LogP contribution in [0.4, 0.5) is 0 Å². The molecule has 0 atom stereocenters. The molecule has 105 valence electrons. The maximum Gasteiger partial charge on any atom is 0.129 e. The number of nitrogens with zero attached hydrogens (tertiary/aromatic N) is 1. The maximum atomic E-state index is 5.84. The van der Waals surface area contributed by atoms with Crippen LogP contribution in [0, 0.1) is 6.07 Å². The van der Waals surface area contributed by atoms with Crippen molar-refractivity contribution < 1.29 is 36.6 Å². The Hall–Kier alpha value is -1.02. The summed E-state index contributed by atoms with van der Waals surface area (Å²) < 4.78 is 7.85. The topological polar surface area (TPSA) is 14.2 Å². The van der Waals surface area contributed by atoms with Crippen LogP contribution in [0.5, 0.6) is 5.75 Å². The van der Waals surface area contributed by atoms with Crippen LogP contribution in [0.15, 0.2) is 48.5 Å². The summed E-state index contributed by atoms with van der Waals surface area (Å²) in [5.41, 5.74) is 2.19. The monoisotopic (exact) mass is 369 g/mol. The SMILES string of the molecule is Cn1c(COc2ccc(Cl)cc2)[c]c2ccccc21.[Cl-].[Zn]. The van der Waals surface area contributed by atoms with E-state index in [2.05, 4.69) is 22.8 Å². The molecule has 3 rings (SSSR count). The van der Waals surface area contributed by atoms with Gasteiger partial charge in [0, 0.05) is 48.5 Å². The molecule has 0 saturated heterocycles. The van der Waals surface area contributed by atoms with Gasteiger partial charge in [0.2, 0.25) is 0 Å². The van der Waals surface area contributed by atoms with E-state index in [1.165, 1.54) is 0 Å². The smallest absolute Gasteiger partial charge is 0.129 e. The Balaban J connectivity index is 0.00000110. The van der Waals surface area contributed by atoms with Crippen molar-refractivity contribution in [1.82, 2.24) is 4.57 Å². The van der Waals surface area contributed by atoms with E-state index in [4.69, 9.17) is 16.3 Å². The van der Waals surface area contributed by atoms with E-state index >= 15 is 0 Å². The molecular formula is C16H13Cl2NOZn-. The normalized spacial score (nSPS) is 9.81. The molecule has 21 heavy (non-hydrogen) atoms. The van der Waals surface area contributed by atoms with Crippen molar-refractivity contribution in [1.29, 1.82) is 0 Å². The zero-order valence-corrected chi connectivity index (χ0v) is 16.1. The van der Waals surface area contributed by atoms with Crippen molar-refractivity contribution in [2.75, 3.05) is 0 Å². The third-order valence-electron chi connectivity index (χ3n) is 3.14. The Morgan fingerprint density at radius 2 is 1.76 bits per heavy atom. The van der Waals surface area contributed by atoms with E-state index in [0.29, 0.717) is 11.6 Å². The number of para-hydroxylation sites is 1. The van der Waals surface area contributed by atoms with Crippen molar-refractivity contribution in [3.63, 3.8) is 0 Å². The number of aromatic nitrogens is 1. The Morgan fingerprint density at radius 3 is 2.43 bits per heavy atom. The minimum Gasteiger partial charge on any atom is -1.00 e. The first kappa shape index (κ1) is 18.0. The van der Waals surface area contributed by atoms with Crippen LogP contribution in [0.1, 0.15) is 5.69 Å². The van der Waals surface area contributed by atoms with E-state index < -0.39 is 0 Å². The molecule has 0 aliphatic carbocycles. The Kier molecular flexibility index (Phi) is 6.73. The number of fused-ring (bicyclic) bond motifs is 1. The molecule has 0 fully saturated rings. The second kappa shape index (κ2) is 7.84. The van der Waals surface area contributed by atoms with Crippen LogP contribution >= 0.6 is 11.6 Å². The van der Waals surface area contributed by atoms with E-state index in [-0.39, 0.29) is 31.9 Å². The largest absolute Gasteiger partial charge is 1.00 e. The minimum atomic E-state index is 0. The fourth-order valence-corrected chi connectivity index (χ4v) is 2.20. The van der Waals surface area contributed by atoms with Crippen LogP contribution < -0.4 is 17.1 Å². The summed E-state index contributed by atoms with van der Waals surface area (Å²) in [7, 11) is 2.03. The van der Waals surface area contributed by atoms with Gasteiger partial charge in [-0.1, -0.05) is 29.8 Å². The predicted molar refractivity (Wildman–Crippen MR) is 77.5 cm³/mol. The van der Waals surface area contributed by atoms with Crippen molar-refractivity contribution >= 4 is 22.5 Å². The first-order chi connectivity index (χ1) is 9.24. The number of ether oxygens (including phenoxy) is 1. The second-order valence-corrected chi connectivity index (χ2v) is 4.83. The van der Waals surface area contributed by atoms with Crippen LogP contribution in [-0.2, 0) is 33.1 Å². The molecule has 0 aliphatic rings. The molecule has 1 radical (unpaired) electrons. The fraction of sp³-hybridized carbons (Fsp3) is 0.125. The van der Waals surface area contributed by atoms with Gasteiger partial charge in [0.15, 0.2) is 0 Å². The summed E-state index contributed by atoms with van der Waals surface area (Å²) in [6.45, 7) is 0.493. The molecule has 3 aromatic rings. The number of benzene rings is 2. The van der Waals surface area contributed by atoms with E-state index in [1.807, 2.05) is 43.4 Å². The molecule has 1 aromatic heterocycles. The first-order valence-corrected chi connectivity index (χ1v) is 6.46. The molecule has 0 saturated carbocycles. The standard InChI is InChI=1S/C16H13ClNO.ClH.Zn/c1-18-14(10-12-4-2-3-5-16(12)18)11-19-15-8-6-13(17)7-9-15;;/h2-9H,11H2,1H3;1H;/p-1. The molecule has 0 N–H and O–H groups in total. The number of rotatable bonds is 3. The van der Waals surface area contributed by atoms with Gasteiger partial charge in [-0.2, -0.15) is 0 Å². The van der Waals surface area contributed by atoms with E-state index in [9.17, 15) is 0 Å². The Labute approximate surface area is 148 Å². The van der Waals surface area contributed by atoms with Crippen molar-refractivity contribution in [3.05, 3.63) is 65.3 Å². The van der Waals surface area contributed by atoms with E-state index in [1.54, 1.807) is 0 Å². The molecule has 2 aromatic carbocycles. The van der Waals surface area contributed by atoms with Gasteiger partial charge in [-0.05, 0) is 30.3 Å². The zero-order valence-electron chi connectivity index (χ0n) is 11.6. The molecule has 1 heterocycles. The van der Waals surface area contributed by atoms with Crippen LogP contribution in [0.2, 0.25) is 5.02 Å². The first-order valence-electron chi connectivity index (χ1n) is 6.08. The molecule has 0 unspecified atom stereocenters. The number of hydrogen-bond donors (Lipinski definition) is 0. The second-order valence-electron chi connectivity index (χ2n) is 4.39. The van der Waals surface area contributed by atoms with Gasteiger partial charge in [0.1, 0.15) is 12.4 Å². The van der Waals surface area contributed by atoms with Crippen molar-refractivity contribution in [3.8, 4) is 5.75 Å². The third-order valence-corrected chi connectivity index (χ3v) is 3.39. The van der Waals surface area contributed by atoms with Crippen LogP contribution in [-0.4, -0.2) is 4.57 Å². The van der Waals surface area contributed by atoms with E-state index in [0.717, 1.165) is 22.3 Å².